The zero-order valence-corrected chi connectivity index (χ0v) is 18.2. The summed E-state index contributed by atoms with van der Waals surface area (Å²) in [6, 6.07) is 4.54. The van der Waals surface area contributed by atoms with Crippen molar-refractivity contribution in [2.75, 3.05) is 0 Å². The summed E-state index contributed by atoms with van der Waals surface area (Å²) in [6.45, 7) is 3.21. The van der Waals surface area contributed by atoms with Crippen LogP contribution in [0.4, 0.5) is 0 Å². The molecule has 0 aromatic carbocycles. The monoisotopic (exact) mass is 488 g/mol. The molecule has 26 heavy (non-hydrogen) atoms. The first-order chi connectivity index (χ1) is 12.2. The molecule has 0 saturated carbocycles. The minimum absolute atomic E-state index is 0. The van der Waals surface area contributed by atoms with Crippen LogP contribution in [0.25, 0.3) is 0 Å². The third-order valence-corrected chi connectivity index (χ3v) is 5.88. The molecule has 0 spiro atoms. The van der Waals surface area contributed by atoms with Crippen molar-refractivity contribution < 1.29 is 4.74 Å². The standard InChI is InChI=1S/C17H24N6OS.HI/c1-11-21-22-16(23(11)2)10-19-17(18-9-13-4-3-7-25-13)20-14-8-12-5-6-15(14)24-12;/h3-4,7,12,14-15H,5-6,8-10H2,1-2H3,(H2,18,19,20);1H. The van der Waals surface area contributed by atoms with Crippen LogP contribution < -0.4 is 10.6 Å². The lowest BCUT2D eigenvalue weighted by molar-refractivity contribution is 0.0992. The average Bonchev–Trinajstić information content (AvgIpc) is 3.38. The second-order valence-electron chi connectivity index (χ2n) is 6.68. The molecule has 3 atom stereocenters. The highest BCUT2D eigenvalue weighted by molar-refractivity contribution is 14.0. The molecule has 0 aliphatic carbocycles. The Kier molecular flexibility index (Phi) is 6.51. The van der Waals surface area contributed by atoms with Gasteiger partial charge in [-0.2, -0.15) is 0 Å². The fourth-order valence-electron chi connectivity index (χ4n) is 3.44. The van der Waals surface area contributed by atoms with Gasteiger partial charge < -0.3 is 19.9 Å². The average molecular weight is 488 g/mol. The van der Waals surface area contributed by atoms with Gasteiger partial charge in [0.05, 0.1) is 24.8 Å². The third-order valence-electron chi connectivity index (χ3n) is 5.00. The number of hydrogen-bond donors (Lipinski definition) is 2. The number of nitrogens with zero attached hydrogens (tertiary/aromatic N) is 4. The van der Waals surface area contributed by atoms with Crippen molar-refractivity contribution in [1.82, 2.24) is 25.4 Å². The Hall–Kier alpha value is -1.20. The van der Waals surface area contributed by atoms with E-state index in [9.17, 15) is 0 Å². The number of hydrogen-bond acceptors (Lipinski definition) is 5. The van der Waals surface area contributed by atoms with E-state index in [1.165, 1.54) is 11.3 Å². The van der Waals surface area contributed by atoms with Gasteiger partial charge in [0, 0.05) is 11.9 Å². The molecule has 4 rings (SSSR count). The maximum Gasteiger partial charge on any atom is 0.192 e. The van der Waals surface area contributed by atoms with Gasteiger partial charge in [0.2, 0.25) is 0 Å². The number of aliphatic imine (C=N–C) groups is 1. The molecule has 3 unspecified atom stereocenters. The summed E-state index contributed by atoms with van der Waals surface area (Å²) < 4.78 is 7.92. The van der Waals surface area contributed by atoms with E-state index in [0.717, 1.165) is 37.0 Å². The third kappa shape index (κ3) is 4.37. The summed E-state index contributed by atoms with van der Waals surface area (Å²) >= 11 is 1.74. The van der Waals surface area contributed by atoms with Crippen molar-refractivity contribution in [3.63, 3.8) is 0 Å². The number of nitrogens with one attached hydrogen (secondary N) is 2. The number of rotatable bonds is 5. The quantitative estimate of drug-likeness (QED) is 0.384. The summed E-state index contributed by atoms with van der Waals surface area (Å²) in [7, 11) is 1.97. The Balaban J connectivity index is 0.00000196. The zero-order valence-electron chi connectivity index (χ0n) is 15.0. The minimum Gasteiger partial charge on any atom is -0.373 e. The summed E-state index contributed by atoms with van der Waals surface area (Å²) in [5.41, 5.74) is 0. The second kappa shape index (κ2) is 8.66. The predicted molar refractivity (Wildman–Crippen MR) is 113 cm³/mol. The molecule has 0 amide bonds. The smallest absolute Gasteiger partial charge is 0.192 e. The number of fused-ring (bicyclic) bond motifs is 2. The van der Waals surface area contributed by atoms with Crippen LogP contribution in [-0.2, 0) is 24.9 Å². The summed E-state index contributed by atoms with van der Waals surface area (Å²) in [5.74, 6) is 2.57. The van der Waals surface area contributed by atoms with Gasteiger partial charge in [-0.25, -0.2) is 4.99 Å². The van der Waals surface area contributed by atoms with Crippen LogP contribution in [-0.4, -0.2) is 39.0 Å². The van der Waals surface area contributed by atoms with Crippen molar-refractivity contribution in [3.8, 4) is 0 Å². The number of aryl methyl sites for hydroxylation is 1. The predicted octanol–water partition coefficient (Wildman–Crippen LogP) is 2.36. The number of aromatic nitrogens is 3. The van der Waals surface area contributed by atoms with Crippen LogP contribution in [0.5, 0.6) is 0 Å². The van der Waals surface area contributed by atoms with E-state index < -0.39 is 0 Å². The Bertz CT molecular complexity index is 747. The normalized spacial score (nSPS) is 24.5. The fourth-order valence-corrected chi connectivity index (χ4v) is 4.08. The lowest BCUT2D eigenvalue weighted by Gasteiger charge is -2.22. The van der Waals surface area contributed by atoms with E-state index in [-0.39, 0.29) is 24.0 Å². The van der Waals surface area contributed by atoms with Gasteiger partial charge >= 0.3 is 0 Å². The molecule has 2 bridgehead atoms. The maximum absolute atomic E-state index is 5.95. The Labute approximate surface area is 174 Å². The number of halogens is 1. The van der Waals surface area contributed by atoms with E-state index in [1.54, 1.807) is 11.3 Å². The Morgan fingerprint density at radius 3 is 2.92 bits per heavy atom. The van der Waals surface area contributed by atoms with E-state index in [2.05, 4.69) is 38.3 Å². The van der Waals surface area contributed by atoms with E-state index in [0.29, 0.717) is 24.8 Å². The Morgan fingerprint density at radius 1 is 1.42 bits per heavy atom. The molecule has 2 saturated heterocycles. The molecule has 9 heteroatoms. The maximum atomic E-state index is 5.95. The van der Waals surface area contributed by atoms with Gasteiger partial charge in [-0.1, -0.05) is 6.07 Å². The summed E-state index contributed by atoms with van der Waals surface area (Å²) in [4.78, 5) is 6.02. The highest BCUT2D eigenvalue weighted by Crippen LogP contribution is 2.34. The largest absolute Gasteiger partial charge is 0.373 e. The van der Waals surface area contributed by atoms with Crippen molar-refractivity contribution in [1.29, 1.82) is 0 Å². The highest BCUT2D eigenvalue weighted by Gasteiger charge is 2.41. The van der Waals surface area contributed by atoms with Crippen LogP contribution in [0.2, 0.25) is 0 Å². The topological polar surface area (TPSA) is 76.4 Å². The van der Waals surface area contributed by atoms with Gasteiger partial charge in [0.15, 0.2) is 11.8 Å². The molecule has 4 heterocycles. The van der Waals surface area contributed by atoms with Crippen molar-refractivity contribution in [3.05, 3.63) is 34.0 Å². The van der Waals surface area contributed by atoms with E-state index in [1.807, 2.05) is 18.5 Å². The molecule has 2 fully saturated rings. The molecule has 2 aromatic heterocycles. The lowest BCUT2D eigenvalue weighted by Crippen LogP contribution is -2.47. The first kappa shape index (κ1) is 19.6. The van der Waals surface area contributed by atoms with Gasteiger partial charge in [-0.05, 0) is 37.6 Å². The summed E-state index contributed by atoms with van der Waals surface area (Å²) in [5, 5.41) is 17.4. The second-order valence-corrected chi connectivity index (χ2v) is 7.71. The molecule has 2 aliphatic heterocycles. The first-order valence-electron chi connectivity index (χ1n) is 8.76. The number of thiophene rings is 1. The van der Waals surface area contributed by atoms with Crippen LogP contribution in [0.3, 0.4) is 0 Å². The van der Waals surface area contributed by atoms with E-state index >= 15 is 0 Å². The van der Waals surface area contributed by atoms with Crippen molar-refractivity contribution in [2.45, 2.75) is 57.5 Å². The first-order valence-corrected chi connectivity index (χ1v) is 9.64. The Morgan fingerprint density at radius 2 is 2.31 bits per heavy atom. The lowest BCUT2D eigenvalue weighted by atomic mass is 9.96. The van der Waals surface area contributed by atoms with Crippen LogP contribution in [0, 0.1) is 6.92 Å². The minimum atomic E-state index is 0. The van der Waals surface area contributed by atoms with Crippen molar-refractivity contribution >= 4 is 41.3 Å². The molecule has 2 aliphatic rings. The highest BCUT2D eigenvalue weighted by atomic mass is 127. The van der Waals surface area contributed by atoms with Gasteiger partial charge in [0.1, 0.15) is 12.4 Å². The van der Waals surface area contributed by atoms with Crippen LogP contribution >= 0.6 is 35.3 Å². The molecule has 2 N–H and O–H groups in total. The van der Waals surface area contributed by atoms with Gasteiger partial charge in [-0.3, -0.25) is 0 Å². The van der Waals surface area contributed by atoms with Crippen molar-refractivity contribution in [2.24, 2.45) is 12.0 Å². The van der Waals surface area contributed by atoms with Crippen LogP contribution in [0.1, 0.15) is 35.8 Å². The summed E-state index contributed by atoms with van der Waals surface area (Å²) in [6.07, 6.45) is 4.13. The molecule has 7 nitrogen and oxygen atoms in total. The molecular formula is C17H25IN6OS. The van der Waals surface area contributed by atoms with Gasteiger partial charge in [-0.15, -0.1) is 45.5 Å². The molecule has 0 radical (unpaired) electrons. The fraction of sp³-hybridized carbons (Fsp3) is 0.588. The van der Waals surface area contributed by atoms with Crippen LogP contribution in [0.15, 0.2) is 22.5 Å². The number of guanidine groups is 1. The van der Waals surface area contributed by atoms with E-state index in [4.69, 9.17) is 9.73 Å². The molecule has 2 aromatic rings. The van der Waals surface area contributed by atoms with Gasteiger partial charge in [0.25, 0.3) is 0 Å². The number of ether oxygens (including phenoxy) is 1. The molecule has 142 valence electrons. The zero-order chi connectivity index (χ0) is 17.2. The molecular weight excluding hydrogens is 463 g/mol. The SMILES string of the molecule is Cc1nnc(CN=C(NCc2cccs2)NC2CC3CCC2O3)n1C.I.